The summed E-state index contributed by atoms with van der Waals surface area (Å²) >= 11 is 5.85. The fourth-order valence-corrected chi connectivity index (χ4v) is 2.11. The molecule has 1 aliphatic heterocycles. The Balaban J connectivity index is 2.36. The minimum atomic E-state index is -0.0436. The van der Waals surface area contributed by atoms with Gasteiger partial charge in [0.1, 0.15) is 0 Å². The van der Waals surface area contributed by atoms with Crippen LogP contribution < -0.4 is 0 Å². The Hall–Kier alpha value is 0.170. The summed E-state index contributed by atoms with van der Waals surface area (Å²) in [6, 6.07) is 0. The molecule has 1 fully saturated rings. The van der Waals surface area contributed by atoms with Gasteiger partial charge in [-0.3, -0.25) is 4.90 Å². The lowest BCUT2D eigenvalue weighted by atomic mass is 10.0. The van der Waals surface area contributed by atoms with Crippen molar-refractivity contribution in [3.05, 3.63) is 0 Å². The number of hydrogen-bond acceptors (Lipinski definition) is 3. The van der Waals surface area contributed by atoms with Crippen molar-refractivity contribution in [3.63, 3.8) is 0 Å². The van der Waals surface area contributed by atoms with E-state index < -0.39 is 0 Å². The van der Waals surface area contributed by atoms with Crippen LogP contribution in [-0.2, 0) is 9.47 Å². The van der Waals surface area contributed by atoms with Crippen LogP contribution >= 0.6 is 11.6 Å². The van der Waals surface area contributed by atoms with Gasteiger partial charge in [0.25, 0.3) is 0 Å². The molecular weight excluding hydrogens is 226 g/mol. The van der Waals surface area contributed by atoms with E-state index in [1.807, 2.05) is 0 Å². The Kier molecular flexibility index (Phi) is 5.51. The van der Waals surface area contributed by atoms with Gasteiger partial charge in [0.05, 0.1) is 17.8 Å². The van der Waals surface area contributed by atoms with Gasteiger partial charge in [-0.25, -0.2) is 0 Å². The van der Waals surface area contributed by atoms with Gasteiger partial charge >= 0.3 is 0 Å². The summed E-state index contributed by atoms with van der Waals surface area (Å²) < 4.78 is 11.1. The van der Waals surface area contributed by atoms with Crippen LogP contribution in [0.2, 0.25) is 0 Å². The molecule has 3 nitrogen and oxygen atoms in total. The van der Waals surface area contributed by atoms with Gasteiger partial charge in [-0.15, -0.1) is 11.6 Å². The molecule has 1 rings (SSSR count). The molecule has 0 amide bonds. The standard InChI is InChI=1S/C12H24ClNO2/c1-10-8-14(9-11(7-13)16-10)6-5-12(2,3)15-4/h10-11H,5-9H2,1-4H3. The number of morpholine rings is 1. The largest absolute Gasteiger partial charge is 0.379 e. The molecule has 0 aromatic rings. The summed E-state index contributed by atoms with van der Waals surface area (Å²) in [5.41, 5.74) is -0.0436. The molecule has 0 aromatic carbocycles. The molecule has 0 spiro atoms. The van der Waals surface area contributed by atoms with E-state index in [2.05, 4.69) is 25.7 Å². The molecule has 4 heteroatoms. The molecule has 0 aliphatic carbocycles. The minimum absolute atomic E-state index is 0.0436. The van der Waals surface area contributed by atoms with E-state index >= 15 is 0 Å². The third-order valence-corrected chi connectivity index (χ3v) is 3.50. The maximum atomic E-state index is 5.85. The summed E-state index contributed by atoms with van der Waals surface area (Å²) in [5.74, 6) is 0.578. The van der Waals surface area contributed by atoms with Crippen molar-refractivity contribution < 1.29 is 9.47 Å². The lowest BCUT2D eigenvalue weighted by Gasteiger charge is -2.37. The van der Waals surface area contributed by atoms with Crippen molar-refractivity contribution in [2.75, 3.05) is 32.6 Å². The third-order valence-electron chi connectivity index (χ3n) is 3.16. The monoisotopic (exact) mass is 249 g/mol. The summed E-state index contributed by atoms with van der Waals surface area (Å²) in [6.07, 6.45) is 1.49. The Morgan fingerprint density at radius 1 is 1.44 bits per heavy atom. The molecule has 0 bridgehead atoms. The first-order chi connectivity index (χ1) is 7.46. The van der Waals surface area contributed by atoms with Crippen molar-refractivity contribution in [2.24, 2.45) is 0 Å². The van der Waals surface area contributed by atoms with Gasteiger partial charge in [-0.05, 0) is 27.2 Å². The fraction of sp³-hybridized carbons (Fsp3) is 1.00. The van der Waals surface area contributed by atoms with Crippen molar-refractivity contribution >= 4 is 11.6 Å². The Morgan fingerprint density at radius 2 is 2.12 bits per heavy atom. The number of nitrogens with zero attached hydrogens (tertiary/aromatic N) is 1. The quantitative estimate of drug-likeness (QED) is 0.697. The first kappa shape index (κ1) is 14.2. The summed E-state index contributed by atoms with van der Waals surface area (Å²) in [5, 5.41) is 0. The number of alkyl halides is 1. The van der Waals surface area contributed by atoms with Crippen LogP contribution in [0.4, 0.5) is 0 Å². The van der Waals surface area contributed by atoms with E-state index in [0.717, 1.165) is 26.1 Å². The van der Waals surface area contributed by atoms with E-state index in [1.54, 1.807) is 7.11 Å². The van der Waals surface area contributed by atoms with E-state index in [4.69, 9.17) is 21.1 Å². The Bertz CT molecular complexity index is 211. The van der Waals surface area contributed by atoms with Gasteiger partial charge in [-0.2, -0.15) is 0 Å². The predicted molar refractivity (Wildman–Crippen MR) is 67.2 cm³/mol. The number of methoxy groups -OCH3 is 1. The average Bonchev–Trinajstić information content (AvgIpc) is 2.26. The van der Waals surface area contributed by atoms with Gasteiger partial charge in [0.15, 0.2) is 0 Å². The highest BCUT2D eigenvalue weighted by Crippen LogP contribution is 2.17. The third kappa shape index (κ3) is 4.58. The van der Waals surface area contributed by atoms with Crippen LogP contribution in [0.5, 0.6) is 0 Å². The van der Waals surface area contributed by atoms with Gasteiger partial charge in [0, 0.05) is 32.6 Å². The van der Waals surface area contributed by atoms with Crippen LogP contribution in [0.25, 0.3) is 0 Å². The van der Waals surface area contributed by atoms with Crippen LogP contribution in [0, 0.1) is 0 Å². The number of ether oxygens (including phenoxy) is 2. The van der Waals surface area contributed by atoms with Gasteiger partial charge in [-0.1, -0.05) is 0 Å². The topological polar surface area (TPSA) is 21.7 Å². The second-order valence-electron chi connectivity index (χ2n) is 5.20. The van der Waals surface area contributed by atoms with Crippen LogP contribution in [-0.4, -0.2) is 55.3 Å². The first-order valence-corrected chi connectivity index (χ1v) is 6.49. The van der Waals surface area contributed by atoms with E-state index in [9.17, 15) is 0 Å². The highest BCUT2D eigenvalue weighted by molar-refractivity contribution is 6.18. The number of hydrogen-bond donors (Lipinski definition) is 0. The predicted octanol–water partition coefficient (Wildman–Crippen LogP) is 2.13. The highest BCUT2D eigenvalue weighted by atomic mass is 35.5. The lowest BCUT2D eigenvalue weighted by molar-refractivity contribution is -0.0738. The zero-order valence-corrected chi connectivity index (χ0v) is 11.6. The van der Waals surface area contributed by atoms with Crippen molar-refractivity contribution in [2.45, 2.75) is 45.0 Å². The first-order valence-electron chi connectivity index (χ1n) is 5.96. The highest BCUT2D eigenvalue weighted by Gasteiger charge is 2.26. The molecule has 96 valence electrons. The van der Waals surface area contributed by atoms with E-state index in [-0.39, 0.29) is 17.8 Å². The van der Waals surface area contributed by atoms with Gasteiger partial charge < -0.3 is 9.47 Å². The molecular formula is C12H24ClNO2. The summed E-state index contributed by atoms with van der Waals surface area (Å²) in [6.45, 7) is 9.32. The Labute approximate surface area is 104 Å². The average molecular weight is 250 g/mol. The second kappa shape index (κ2) is 6.20. The van der Waals surface area contributed by atoms with E-state index in [1.165, 1.54) is 0 Å². The maximum Gasteiger partial charge on any atom is 0.0841 e. The molecule has 0 N–H and O–H groups in total. The molecule has 0 saturated carbocycles. The number of rotatable bonds is 5. The lowest BCUT2D eigenvalue weighted by Crippen LogP contribution is -2.48. The summed E-state index contributed by atoms with van der Waals surface area (Å²) in [4.78, 5) is 2.42. The smallest absolute Gasteiger partial charge is 0.0841 e. The van der Waals surface area contributed by atoms with Crippen LogP contribution in [0.1, 0.15) is 27.2 Å². The van der Waals surface area contributed by atoms with E-state index in [0.29, 0.717) is 5.88 Å². The maximum absolute atomic E-state index is 5.85. The number of halogens is 1. The fourth-order valence-electron chi connectivity index (χ4n) is 1.94. The molecule has 16 heavy (non-hydrogen) atoms. The Morgan fingerprint density at radius 3 is 2.69 bits per heavy atom. The molecule has 1 heterocycles. The minimum Gasteiger partial charge on any atom is -0.379 e. The molecule has 2 unspecified atom stereocenters. The second-order valence-corrected chi connectivity index (χ2v) is 5.51. The van der Waals surface area contributed by atoms with Crippen molar-refractivity contribution in [3.8, 4) is 0 Å². The van der Waals surface area contributed by atoms with Gasteiger partial charge in [0.2, 0.25) is 0 Å². The summed E-state index contributed by atoms with van der Waals surface area (Å²) in [7, 11) is 1.77. The molecule has 0 aromatic heterocycles. The van der Waals surface area contributed by atoms with Crippen LogP contribution in [0.15, 0.2) is 0 Å². The molecule has 2 atom stereocenters. The molecule has 1 saturated heterocycles. The van der Waals surface area contributed by atoms with Crippen molar-refractivity contribution in [1.82, 2.24) is 4.90 Å². The zero-order chi connectivity index (χ0) is 12.2. The van der Waals surface area contributed by atoms with Crippen LogP contribution in [0.3, 0.4) is 0 Å². The van der Waals surface area contributed by atoms with Crippen molar-refractivity contribution in [1.29, 1.82) is 0 Å². The normalized spacial score (nSPS) is 28.3. The zero-order valence-electron chi connectivity index (χ0n) is 10.8. The molecule has 0 radical (unpaired) electrons. The SMILES string of the molecule is COC(C)(C)CCN1CC(C)OC(CCl)C1. The molecule has 1 aliphatic rings.